The Morgan fingerprint density at radius 2 is 2.10 bits per heavy atom. The van der Waals surface area contributed by atoms with E-state index in [1.54, 1.807) is 0 Å². The highest BCUT2D eigenvalue weighted by Crippen LogP contribution is 2.30. The molecule has 0 aliphatic rings. The predicted molar refractivity (Wildman–Crippen MR) is 82.1 cm³/mol. The Hall–Kier alpha value is -2.18. The molecule has 0 aliphatic heterocycles. The average molecular weight is 321 g/mol. The SMILES string of the molecule is O=[N+]([O-])c1ccc(Cl)c(OCc2nc3ccccc3s2)c1. The fourth-order valence-corrected chi connectivity index (χ4v) is 2.89. The summed E-state index contributed by atoms with van der Waals surface area (Å²) in [5.41, 5.74) is 0.852. The van der Waals surface area contributed by atoms with Crippen molar-refractivity contribution in [2.45, 2.75) is 6.61 Å². The number of benzene rings is 2. The van der Waals surface area contributed by atoms with E-state index in [0.717, 1.165) is 15.2 Å². The van der Waals surface area contributed by atoms with Gasteiger partial charge in [-0.05, 0) is 18.2 Å². The molecule has 3 aromatic rings. The number of nitro groups is 1. The molecule has 0 spiro atoms. The highest BCUT2D eigenvalue weighted by molar-refractivity contribution is 7.18. The van der Waals surface area contributed by atoms with Gasteiger partial charge < -0.3 is 4.74 Å². The Kier molecular flexibility index (Phi) is 3.72. The third-order valence-electron chi connectivity index (χ3n) is 2.81. The summed E-state index contributed by atoms with van der Waals surface area (Å²) in [4.78, 5) is 14.7. The minimum Gasteiger partial charge on any atom is -0.485 e. The number of hydrogen-bond donors (Lipinski definition) is 0. The Labute approximate surface area is 128 Å². The summed E-state index contributed by atoms with van der Waals surface area (Å²) in [5, 5.41) is 11.9. The van der Waals surface area contributed by atoms with E-state index in [9.17, 15) is 10.1 Å². The maximum absolute atomic E-state index is 10.8. The van der Waals surface area contributed by atoms with Gasteiger partial charge in [-0.1, -0.05) is 23.7 Å². The fraction of sp³-hybridized carbons (Fsp3) is 0.0714. The van der Waals surface area contributed by atoms with Crippen molar-refractivity contribution in [1.82, 2.24) is 4.98 Å². The molecule has 7 heteroatoms. The zero-order chi connectivity index (χ0) is 14.8. The van der Waals surface area contributed by atoms with Crippen molar-refractivity contribution < 1.29 is 9.66 Å². The second-order valence-electron chi connectivity index (χ2n) is 4.24. The fourth-order valence-electron chi connectivity index (χ4n) is 1.84. The molecule has 0 radical (unpaired) electrons. The van der Waals surface area contributed by atoms with Crippen LogP contribution in [0.25, 0.3) is 10.2 Å². The van der Waals surface area contributed by atoms with Crippen molar-refractivity contribution in [1.29, 1.82) is 0 Å². The Bertz CT molecular complexity index is 786. The molecule has 21 heavy (non-hydrogen) atoms. The third kappa shape index (κ3) is 2.96. The zero-order valence-corrected chi connectivity index (χ0v) is 12.2. The first-order valence-corrected chi connectivity index (χ1v) is 7.24. The number of hydrogen-bond acceptors (Lipinski definition) is 5. The highest BCUT2D eigenvalue weighted by atomic mass is 35.5. The van der Waals surface area contributed by atoms with Crippen LogP contribution < -0.4 is 4.74 Å². The van der Waals surface area contributed by atoms with Gasteiger partial charge in [-0.2, -0.15) is 0 Å². The van der Waals surface area contributed by atoms with Crippen LogP contribution >= 0.6 is 22.9 Å². The number of ether oxygens (including phenoxy) is 1. The lowest BCUT2D eigenvalue weighted by atomic mass is 10.3. The van der Waals surface area contributed by atoms with Crippen LogP contribution in [0.15, 0.2) is 42.5 Å². The number of rotatable bonds is 4. The van der Waals surface area contributed by atoms with E-state index in [1.165, 1.54) is 29.5 Å². The Morgan fingerprint density at radius 3 is 2.86 bits per heavy atom. The maximum Gasteiger partial charge on any atom is 0.273 e. The summed E-state index contributed by atoms with van der Waals surface area (Å²) in [7, 11) is 0. The van der Waals surface area contributed by atoms with E-state index in [2.05, 4.69) is 4.98 Å². The number of nitrogens with zero attached hydrogens (tertiary/aromatic N) is 2. The van der Waals surface area contributed by atoms with Gasteiger partial charge in [0.1, 0.15) is 17.4 Å². The van der Waals surface area contributed by atoms with Crippen molar-refractivity contribution in [2.75, 3.05) is 0 Å². The van der Waals surface area contributed by atoms with Gasteiger partial charge in [0.05, 0.1) is 26.2 Å². The lowest BCUT2D eigenvalue weighted by Gasteiger charge is -2.05. The molecule has 0 saturated carbocycles. The van der Waals surface area contributed by atoms with Gasteiger partial charge in [0, 0.05) is 6.07 Å². The van der Waals surface area contributed by atoms with Crippen LogP contribution in [-0.2, 0) is 6.61 Å². The minimum atomic E-state index is -0.485. The third-order valence-corrected chi connectivity index (χ3v) is 4.14. The topological polar surface area (TPSA) is 65.3 Å². The average Bonchev–Trinajstić information content (AvgIpc) is 2.89. The minimum absolute atomic E-state index is 0.0568. The Morgan fingerprint density at radius 1 is 1.29 bits per heavy atom. The van der Waals surface area contributed by atoms with Gasteiger partial charge >= 0.3 is 0 Å². The van der Waals surface area contributed by atoms with Crippen molar-refractivity contribution in [3.8, 4) is 5.75 Å². The van der Waals surface area contributed by atoms with Gasteiger partial charge in [-0.25, -0.2) is 4.98 Å². The van der Waals surface area contributed by atoms with Crippen molar-refractivity contribution in [3.63, 3.8) is 0 Å². The number of thiazole rings is 1. The molecule has 0 bridgehead atoms. The first kappa shape index (κ1) is 13.8. The van der Waals surface area contributed by atoms with Crippen LogP contribution in [-0.4, -0.2) is 9.91 Å². The van der Waals surface area contributed by atoms with Crippen LogP contribution in [0.3, 0.4) is 0 Å². The van der Waals surface area contributed by atoms with Crippen LogP contribution in [0.4, 0.5) is 5.69 Å². The van der Waals surface area contributed by atoms with Crippen LogP contribution in [0, 0.1) is 10.1 Å². The van der Waals surface area contributed by atoms with Crippen molar-refractivity contribution in [2.24, 2.45) is 0 Å². The molecule has 106 valence electrons. The van der Waals surface area contributed by atoms with Crippen molar-refractivity contribution in [3.05, 3.63) is 62.6 Å². The quantitative estimate of drug-likeness (QED) is 0.526. The monoisotopic (exact) mass is 320 g/mol. The summed E-state index contributed by atoms with van der Waals surface area (Å²) in [6, 6.07) is 11.9. The first-order valence-electron chi connectivity index (χ1n) is 6.04. The second kappa shape index (κ2) is 5.67. The number of nitro benzene ring substituents is 1. The highest BCUT2D eigenvalue weighted by Gasteiger charge is 2.12. The van der Waals surface area contributed by atoms with E-state index in [0.29, 0.717) is 5.02 Å². The molecule has 0 N–H and O–H groups in total. The van der Waals surface area contributed by atoms with E-state index in [-0.39, 0.29) is 18.0 Å². The molecule has 0 aliphatic carbocycles. The van der Waals surface area contributed by atoms with Crippen molar-refractivity contribution >= 4 is 38.8 Å². The molecular weight excluding hydrogens is 312 g/mol. The normalized spacial score (nSPS) is 10.7. The number of aromatic nitrogens is 1. The zero-order valence-electron chi connectivity index (χ0n) is 10.7. The van der Waals surface area contributed by atoms with Gasteiger partial charge in [0.25, 0.3) is 5.69 Å². The first-order chi connectivity index (χ1) is 10.1. The number of halogens is 1. The smallest absolute Gasteiger partial charge is 0.273 e. The molecule has 0 saturated heterocycles. The van der Waals surface area contributed by atoms with Crippen LogP contribution in [0.2, 0.25) is 5.02 Å². The molecular formula is C14H9ClN2O3S. The van der Waals surface area contributed by atoms with Gasteiger partial charge in [-0.3, -0.25) is 10.1 Å². The van der Waals surface area contributed by atoms with Crippen LogP contribution in [0.1, 0.15) is 5.01 Å². The summed E-state index contributed by atoms with van der Waals surface area (Å²) >= 11 is 7.50. The standard InChI is InChI=1S/C14H9ClN2O3S/c15-10-6-5-9(17(18)19)7-12(10)20-8-14-16-11-3-1-2-4-13(11)21-14/h1-7H,8H2. The second-order valence-corrected chi connectivity index (χ2v) is 5.76. The molecule has 1 aromatic heterocycles. The van der Waals surface area contributed by atoms with E-state index in [4.69, 9.17) is 16.3 Å². The molecule has 0 atom stereocenters. The molecule has 3 rings (SSSR count). The van der Waals surface area contributed by atoms with E-state index < -0.39 is 4.92 Å². The molecule has 1 heterocycles. The lowest BCUT2D eigenvalue weighted by molar-refractivity contribution is -0.384. The van der Waals surface area contributed by atoms with Gasteiger partial charge in [0.2, 0.25) is 0 Å². The maximum atomic E-state index is 10.8. The lowest BCUT2D eigenvalue weighted by Crippen LogP contribution is -1.96. The molecule has 2 aromatic carbocycles. The summed E-state index contributed by atoms with van der Waals surface area (Å²) in [6.45, 7) is 0.222. The molecule has 5 nitrogen and oxygen atoms in total. The summed E-state index contributed by atoms with van der Waals surface area (Å²) < 4.78 is 6.63. The molecule has 0 amide bonds. The van der Waals surface area contributed by atoms with E-state index >= 15 is 0 Å². The summed E-state index contributed by atoms with van der Waals surface area (Å²) in [6.07, 6.45) is 0. The molecule has 0 fully saturated rings. The number of para-hydroxylation sites is 1. The van der Waals surface area contributed by atoms with E-state index in [1.807, 2.05) is 24.3 Å². The number of fused-ring (bicyclic) bond motifs is 1. The molecule has 0 unspecified atom stereocenters. The Balaban J connectivity index is 1.80. The van der Waals surface area contributed by atoms with Gasteiger partial charge in [0.15, 0.2) is 0 Å². The van der Waals surface area contributed by atoms with Crippen LogP contribution in [0.5, 0.6) is 5.75 Å². The largest absolute Gasteiger partial charge is 0.485 e. The van der Waals surface area contributed by atoms with Gasteiger partial charge in [-0.15, -0.1) is 11.3 Å². The predicted octanol–water partition coefficient (Wildman–Crippen LogP) is 4.44. The number of non-ortho nitro benzene ring substituents is 1. The summed E-state index contributed by atoms with van der Waals surface area (Å²) in [5.74, 6) is 0.283.